The van der Waals surface area contributed by atoms with Gasteiger partial charge in [0.1, 0.15) is 11.0 Å². The summed E-state index contributed by atoms with van der Waals surface area (Å²) in [5.74, 6) is -0.203. The fourth-order valence-corrected chi connectivity index (χ4v) is 2.67. The van der Waals surface area contributed by atoms with E-state index in [0.29, 0.717) is 16.1 Å². The van der Waals surface area contributed by atoms with E-state index >= 15 is 0 Å². The van der Waals surface area contributed by atoms with Crippen molar-refractivity contribution in [2.24, 2.45) is 0 Å². The molecule has 6 nitrogen and oxygen atoms in total. The van der Waals surface area contributed by atoms with Crippen molar-refractivity contribution in [2.45, 2.75) is 25.8 Å². The van der Waals surface area contributed by atoms with Crippen LogP contribution in [0.4, 0.5) is 0 Å². The van der Waals surface area contributed by atoms with Crippen molar-refractivity contribution in [3.63, 3.8) is 0 Å². The number of carbonyl (C=O) groups is 1. The summed E-state index contributed by atoms with van der Waals surface area (Å²) in [5.41, 5.74) is 2.53. The van der Waals surface area contributed by atoms with Crippen molar-refractivity contribution < 1.29 is 9.63 Å². The number of amides is 1. The Labute approximate surface area is 150 Å². The first kappa shape index (κ1) is 17.2. The number of benzene rings is 2. The predicted molar refractivity (Wildman–Crippen MR) is 96.4 cm³/mol. The van der Waals surface area contributed by atoms with Gasteiger partial charge in [-0.3, -0.25) is 4.79 Å². The van der Waals surface area contributed by atoms with Gasteiger partial charge in [0.15, 0.2) is 6.61 Å². The average molecular weight is 359 g/mol. The maximum Gasteiger partial charge on any atom is 0.260 e. The molecule has 1 aromatic heterocycles. The standard InChI is InChI=1S/C18H19ClN4O2/c1-13(7-8-14-5-3-2-4-6-14)20-18(24)12-25-23-17-11-15(19)9-10-16(17)21-22-23/h2-6,9-11,13H,7-8,12H2,1H3,(H,20,24). The Balaban J connectivity index is 1.48. The molecule has 0 fully saturated rings. The first-order valence-electron chi connectivity index (χ1n) is 8.09. The third kappa shape index (κ3) is 4.70. The SMILES string of the molecule is CC(CCc1ccccc1)NC(=O)COn1nnc2ccc(Cl)cc21. The third-order valence-corrected chi connectivity index (χ3v) is 4.05. The highest BCUT2D eigenvalue weighted by atomic mass is 35.5. The highest BCUT2D eigenvalue weighted by Gasteiger charge is 2.11. The first-order chi connectivity index (χ1) is 12.1. The molecule has 0 spiro atoms. The van der Waals surface area contributed by atoms with Crippen molar-refractivity contribution in [1.29, 1.82) is 0 Å². The maximum absolute atomic E-state index is 12.0. The number of halogens is 1. The second kappa shape index (κ2) is 7.98. The van der Waals surface area contributed by atoms with Crippen LogP contribution in [0.5, 0.6) is 0 Å². The quantitative estimate of drug-likeness (QED) is 0.705. The van der Waals surface area contributed by atoms with Crippen molar-refractivity contribution in [2.75, 3.05) is 6.61 Å². The van der Waals surface area contributed by atoms with E-state index in [9.17, 15) is 4.79 Å². The van der Waals surface area contributed by atoms with Crippen LogP contribution < -0.4 is 10.2 Å². The fourth-order valence-electron chi connectivity index (χ4n) is 2.50. The van der Waals surface area contributed by atoms with Crippen molar-refractivity contribution >= 4 is 28.5 Å². The summed E-state index contributed by atoms with van der Waals surface area (Å²) in [7, 11) is 0. The number of aryl methyl sites for hydroxylation is 1. The molecule has 3 rings (SSSR count). The van der Waals surface area contributed by atoms with Crippen LogP contribution in [0.15, 0.2) is 48.5 Å². The topological polar surface area (TPSA) is 69.0 Å². The minimum Gasteiger partial charge on any atom is -0.385 e. The van der Waals surface area contributed by atoms with E-state index in [-0.39, 0.29) is 18.6 Å². The van der Waals surface area contributed by atoms with E-state index in [0.717, 1.165) is 12.8 Å². The Hall–Kier alpha value is -2.60. The summed E-state index contributed by atoms with van der Waals surface area (Å²) in [6.45, 7) is 1.84. The molecule has 0 aliphatic heterocycles. The van der Waals surface area contributed by atoms with E-state index < -0.39 is 0 Å². The number of rotatable bonds is 7. The van der Waals surface area contributed by atoms with Crippen LogP contribution in [0.25, 0.3) is 11.0 Å². The minimum atomic E-state index is -0.203. The Morgan fingerprint density at radius 3 is 2.88 bits per heavy atom. The molecule has 1 atom stereocenters. The minimum absolute atomic E-state index is 0.0539. The summed E-state index contributed by atoms with van der Waals surface area (Å²) < 4.78 is 0. The second-order valence-corrected chi connectivity index (χ2v) is 6.30. The van der Waals surface area contributed by atoms with Gasteiger partial charge in [0.2, 0.25) is 0 Å². The Kier molecular flexibility index (Phi) is 5.50. The molecule has 3 aromatic rings. The summed E-state index contributed by atoms with van der Waals surface area (Å²) in [6.07, 6.45) is 1.77. The highest BCUT2D eigenvalue weighted by Crippen LogP contribution is 2.16. The van der Waals surface area contributed by atoms with Crippen LogP contribution in [0.1, 0.15) is 18.9 Å². The van der Waals surface area contributed by atoms with Crippen molar-refractivity contribution in [3.05, 3.63) is 59.1 Å². The number of carbonyl (C=O) groups excluding carboxylic acids is 1. The molecule has 0 aliphatic carbocycles. The van der Waals surface area contributed by atoms with Crippen molar-refractivity contribution in [1.82, 2.24) is 20.5 Å². The Morgan fingerprint density at radius 2 is 2.08 bits per heavy atom. The van der Waals surface area contributed by atoms with E-state index in [4.69, 9.17) is 16.4 Å². The smallest absolute Gasteiger partial charge is 0.260 e. The molecule has 2 aromatic carbocycles. The Bertz CT molecular complexity index is 851. The molecule has 0 bridgehead atoms. The lowest BCUT2D eigenvalue weighted by atomic mass is 10.1. The second-order valence-electron chi connectivity index (χ2n) is 5.86. The van der Waals surface area contributed by atoms with Gasteiger partial charge in [-0.05, 0) is 48.7 Å². The number of hydrogen-bond donors (Lipinski definition) is 1. The van der Waals surface area contributed by atoms with E-state index in [2.05, 4.69) is 27.8 Å². The number of aromatic nitrogens is 3. The molecule has 0 saturated heterocycles. The largest absolute Gasteiger partial charge is 0.385 e. The van der Waals surface area contributed by atoms with Crippen LogP contribution in [0, 0.1) is 0 Å². The van der Waals surface area contributed by atoms with Gasteiger partial charge in [-0.25, -0.2) is 0 Å². The Morgan fingerprint density at radius 1 is 1.28 bits per heavy atom. The van der Waals surface area contributed by atoms with Gasteiger partial charge >= 0.3 is 0 Å². The molecule has 1 unspecified atom stereocenters. The molecule has 1 amide bonds. The molecule has 1 heterocycles. The summed E-state index contributed by atoms with van der Waals surface area (Å²) >= 11 is 5.96. The zero-order valence-electron chi connectivity index (χ0n) is 13.9. The molecule has 0 radical (unpaired) electrons. The highest BCUT2D eigenvalue weighted by molar-refractivity contribution is 6.31. The van der Waals surface area contributed by atoms with Crippen LogP contribution in [0.3, 0.4) is 0 Å². The maximum atomic E-state index is 12.0. The summed E-state index contributed by atoms with van der Waals surface area (Å²) in [6, 6.07) is 15.4. The fraction of sp³-hybridized carbons (Fsp3) is 0.278. The average Bonchev–Trinajstić information content (AvgIpc) is 3.01. The molecule has 25 heavy (non-hydrogen) atoms. The lowest BCUT2D eigenvalue weighted by molar-refractivity contribution is -0.126. The number of nitrogens with zero attached hydrogens (tertiary/aromatic N) is 3. The van der Waals surface area contributed by atoms with Crippen LogP contribution in [-0.2, 0) is 11.2 Å². The van der Waals surface area contributed by atoms with Gasteiger partial charge in [0, 0.05) is 11.1 Å². The zero-order chi connectivity index (χ0) is 17.6. The molecule has 7 heteroatoms. The van der Waals surface area contributed by atoms with Crippen LogP contribution >= 0.6 is 11.6 Å². The number of hydrogen-bond acceptors (Lipinski definition) is 4. The normalized spacial score (nSPS) is 12.1. The van der Waals surface area contributed by atoms with Gasteiger partial charge in [-0.2, -0.15) is 0 Å². The van der Waals surface area contributed by atoms with Gasteiger partial charge < -0.3 is 10.2 Å². The number of nitrogens with one attached hydrogen (secondary N) is 1. The summed E-state index contributed by atoms with van der Waals surface area (Å²) in [5, 5.41) is 11.3. The molecular formula is C18H19ClN4O2. The molecule has 1 N–H and O–H groups in total. The van der Waals surface area contributed by atoms with Crippen molar-refractivity contribution in [3.8, 4) is 0 Å². The van der Waals surface area contributed by atoms with Gasteiger partial charge in [0.25, 0.3) is 5.91 Å². The molecule has 0 aliphatic rings. The van der Waals surface area contributed by atoms with Gasteiger partial charge in [-0.15, -0.1) is 5.10 Å². The van der Waals surface area contributed by atoms with E-state index in [1.54, 1.807) is 18.2 Å². The van der Waals surface area contributed by atoms with E-state index in [1.807, 2.05) is 25.1 Å². The monoisotopic (exact) mass is 358 g/mol. The third-order valence-electron chi connectivity index (χ3n) is 3.81. The molecular weight excluding hydrogens is 340 g/mol. The van der Waals surface area contributed by atoms with Crippen LogP contribution in [0.2, 0.25) is 5.02 Å². The predicted octanol–water partition coefficient (Wildman–Crippen LogP) is 2.65. The zero-order valence-corrected chi connectivity index (χ0v) is 14.6. The lowest BCUT2D eigenvalue weighted by Gasteiger charge is -2.14. The van der Waals surface area contributed by atoms with Gasteiger partial charge in [0.05, 0.1) is 0 Å². The van der Waals surface area contributed by atoms with Gasteiger partial charge in [-0.1, -0.05) is 46.8 Å². The molecule has 130 valence electrons. The first-order valence-corrected chi connectivity index (χ1v) is 8.47. The lowest BCUT2D eigenvalue weighted by Crippen LogP contribution is -2.38. The van der Waals surface area contributed by atoms with E-state index in [1.165, 1.54) is 10.4 Å². The summed E-state index contributed by atoms with van der Waals surface area (Å²) in [4.78, 5) is 18.7. The number of fused-ring (bicyclic) bond motifs is 1. The van der Waals surface area contributed by atoms with Crippen LogP contribution in [-0.4, -0.2) is 33.7 Å². The molecule has 0 saturated carbocycles.